The van der Waals surface area contributed by atoms with Crippen LogP contribution in [0.4, 0.5) is 4.79 Å². The molecular weight excluding hydrogens is 248 g/mol. The van der Waals surface area contributed by atoms with Gasteiger partial charge in [0.15, 0.2) is 0 Å². The van der Waals surface area contributed by atoms with Gasteiger partial charge in [0, 0.05) is 19.2 Å². The van der Waals surface area contributed by atoms with Crippen molar-refractivity contribution in [3.63, 3.8) is 0 Å². The van der Waals surface area contributed by atoms with Gasteiger partial charge in [-0.05, 0) is 33.1 Å². The minimum absolute atomic E-state index is 0.0736. The Morgan fingerprint density at radius 3 is 2.63 bits per heavy atom. The average Bonchev–Trinajstić information content (AvgIpc) is 2.84. The summed E-state index contributed by atoms with van der Waals surface area (Å²) in [4.78, 5) is 25.2. The Balaban J connectivity index is 2.03. The molecular formula is C13H22N2O4. The number of urea groups is 1. The Bertz CT molecular complexity index is 383. The van der Waals surface area contributed by atoms with Crippen LogP contribution in [0.5, 0.6) is 0 Å². The summed E-state index contributed by atoms with van der Waals surface area (Å²) < 4.78 is 5.07. The van der Waals surface area contributed by atoms with Gasteiger partial charge in [0.05, 0.1) is 18.1 Å². The summed E-state index contributed by atoms with van der Waals surface area (Å²) in [5.41, 5.74) is -0.452. The third kappa shape index (κ3) is 2.68. The van der Waals surface area contributed by atoms with Crippen molar-refractivity contribution in [3.8, 4) is 0 Å². The van der Waals surface area contributed by atoms with Gasteiger partial charge >= 0.3 is 12.0 Å². The molecule has 0 aromatic carbocycles. The van der Waals surface area contributed by atoms with Gasteiger partial charge in [-0.15, -0.1) is 0 Å². The normalized spacial score (nSPS) is 29.6. The highest BCUT2D eigenvalue weighted by molar-refractivity contribution is 5.79. The van der Waals surface area contributed by atoms with Gasteiger partial charge < -0.3 is 20.1 Å². The maximum atomic E-state index is 12.3. The fourth-order valence-electron chi connectivity index (χ4n) is 3.32. The van der Waals surface area contributed by atoms with Crippen LogP contribution in [-0.4, -0.2) is 53.3 Å². The fourth-order valence-corrected chi connectivity index (χ4v) is 3.32. The van der Waals surface area contributed by atoms with Crippen LogP contribution in [0, 0.1) is 5.92 Å². The second-order valence-electron chi connectivity index (χ2n) is 6.13. The van der Waals surface area contributed by atoms with E-state index in [4.69, 9.17) is 4.74 Å². The van der Waals surface area contributed by atoms with Crippen LogP contribution in [0.25, 0.3) is 0 Å². The summed E-state index contributed by atoms with van der Waals surface area (Å²) in [7, 11) is 1.59. The number of hydrogen-bond acceptors (Lipinski definition) is 3. The molecule has 2 amide bonds. The molecule has 2 N–H and O–H groups in total. The van der Waals surface area contributed by atoms with Crippen LogP contribution in [0.2, 0.25) is 0 Å². The molecule has 19 heavy (non-hydrogen) atoms. The van der Waals surface area contributed by atoms with E-state index in [1.807, 2.05) is 13.8 Å². The standard InChI is InChI=1S/C13H22N2O4/c1-13(2,7-19-3)14-12(18)15-8-4-5-10(15)9(6-8)11(16)17/h8-10H,4-7H2,1-3H3,(H,14,18)(H,16,17). The minimum atomic E-state index is -0.791. The summed E-state index contributed by atoms with van der Waals surface area (Å²) in [5.74, 6) is -1.20. The van der Waals surface area contributed by atoms with Crippen molar-refractivity contribution in [1.29, 1.82) is 0 Å². The highest BCUT2D eigenvalue weighted by Gasteiger charge is 2.51. The number of amides is 2. The van der Waals surface area contributed by atoms with Gasteiger partial charge in [0.1, 0.15) is 0 Å². The van der Waals surface area contributed by atoms with E-state index in [1.54, 1.807) is 12.0 Å². The summed E-state index contributed by atoms with van der Waals surface area (Å²) in [6.07, 6.45) is 2.28. The number of fused-ring (bicyclic) bond motifs is 2. The molecule has 0 aromatic rings. The van der Waals surface area contributed by atoms with Crippen LogP contribution in [0.15, 0.2) is 0 Å². The lowest BCUT2D eigenvalue weighted by Gasteiger charge is -2.31. The van der Waals surface area contributed by atoms with Crippen LogP contribution >= 0.6 is 0 Å². The van der Waals surface area contributed by atoms with Crippen molar-refractivity contribution in [2.24, 2.45) is 5.92 Å². The average molecular weight is 270 g/mol. The number of rotatable bonds is 4. The third-order valence-corrected chi connectivity index (χ3v) is 4.04. The van der Waals surface area contributed by atoms with E-state index in [2.05, 4.69) is 5.32 Å². The van der Waals surface area contributed by atoms with Crippen molar-refractivity contribution in [1.82, 2.24) is 10.2 Å². The number of aliphatic carboxylic acids is 1. The van der Waals surface area contributed by atoms with Crippen molar-refractivity contribution in [2.75, 3.05) is 13.7 Å². The quantitative estimate of drug-likeness (QED) is 0.800. The maximum Gasteiger partial charge on any atom is 0.318 e. The van der Waals surface area contributed by atoms with Gasteiger partial charge in [-0.3, -0.25) is 4.79 Å². The molecule has 108 valence electrons. The number of nitrogens with zero attached hydrogens (tertiary/aromatic N) is 1. The molecule has 2 heterocycles. The molecule has 0 radical (unpaired) electrons. The Hall–Kier alpha value is -1.30. The molecule has 3 atom stereocenters. The number of carbonyl (C=O) groups excluding carboxylic acids is 1. The zero-order valence-corrected chi connectivity index (χ0v) is 11.7. The van der Waals surface area contributed by atoms with Crippen molar-refractivity contribution in [3.05, 3.63) is 0 Å². The number of ether oxygens (including phenoxy) is 1. The van der Waals surface area contributed by atoms with E-state index in [-0.39, 0.29) is 18.1 Å². The van der Waals surface area contributed by atoms with E-state index in [9.17, 15) is 14.7 Å². The molecule has 0 spiro atoms. The molecule has 2 aliphatic rings. The van der Waals surface area contributed by atoms with Gasteiger partial charge in [-0.2, -0.15) is 0 Å². The second-order valence-corrected chi connectivity index (χ2v) is 6.13. The second kappa shape index (κ2) is 5.00. The summed E-state index contributed by atoms with van der Waals surface area (Å²) >= 11 is 0. The molecule has 0 aromatic heterocycles. The molecule has 0 aliphatic carbocycles. The lowest BCUT2D eigenvalue weighted by Crippen LogP contribution is -2.53. The Kier molecular flexibility index (Phi) is 3.71. The van der Waals surface area contributed by atoms with Crippen molar-refractivity contribution < 1.29 is 19.4 Å². The smallest absolute Gasteiger partial charge is 0.318 e. The zero-order chi connectivity index (χ0) is 14.2. The Morgan fingerprint density at radius 2 is 2.11 bits per heavy atom. The Labute approximate surface area is 113 Å². The van der Waals surface area contributed by atoms with Gasteiger partial charge in [0.25, 0.3) is 0 Å². The number of hydrogen-bond donors (Lipinski definition) is 2. The first-order chi connectivity index (χ1) is 8.85. The highest BCUT2D eigenvalue weighted by Crippen LogP contribution is 2.41. The Morgan fingerprint density at radius 1 is 1.42 bits per heavy atom. The first-order valence-electron chi connectivity index (χ1n) is 6.68. The number of carbonyl (C=O) groups is 2. The molecule has 2 fully saturated rings. The summed E-state index contributed by atoms with van der Waals surface area (Å²) in [5, 5.41) is 12.1. The van der Waals surface area contributed by atoms with Crippen molar-refractivity contribution in [2.45, 2.75) is 50.7 Å². The molecule has 2 saturated heterocycles. The van der Waals surface area contributed by atoms with Crippen molar-refractivity contribution >= 4 is 12.0 Å². The van der Waals surface area contributed by atoms with E-state index in [0.29, 0.717) is 13.0 Å². The number of methoxy groups -OCH3 is 1. The largest absolute Gasteiger partial charge is 0.481 e. The lowest BCUT2D eigenvalue weighted by atomic mass is 9.89. The first kappa shape index (κ1) is 14.1. The first-order valence-corrected chi connectivity index (χ1v) is 6.68. The number of carboxylic acid groups (broad SMARTS) is 1. The molecule has 2 aliphatic heterocycles. The van der Waals surface area contributed by atoms with E-state index in [1.165, 1.54) is 0 Å². The number of carboxylic acids is 1. The topological polar surface area (TPSA) is 78.9 Å². The molecule has 0 saturated carbocycles. The van der Waals surface area contributed by atoms with Crippen LogP contribution in [0.1, 0.15) is 33.1 Å². The number of nitrogens with one attached hydrogen (secondary N) is 1. The predicted octanol–water partition coefficient (Wildman–Crippen LogP) is 1.06. The van der Waals surface area contributed by atoms with E-state index in [0.717, 1.165) is 12.8 Å². The lowest BCUT2D eigenvalue weighted by molar-refractivity contribution is -0.142. The summed E-state index contributed by atoms with van der Waals surface area (Å²) in [6, 6.07) is -0.247. The maximum absolute atomic E-state index is 12.3. The molecule has 6 heteroatoms. The van der Waals surface area contributed by atoms with Crippen LogP contribution in [0.3, 0.4) is 0 Å². The highest BCUT2D eigenvalue weighted by atomic mass is 16.5. The zero-order valence-electron chi connectivity index (χ0n) is 11.7. The van der Waals surface area contributed by atoms with Crippen LogP contribution < -0.4 is 5.32 Å². The summed E-state index contributed by atoms with van der Waals surface area (Å²) in [6.45, 7) is 4.20. The predicted molar refractivity (Wildman–Crippen MR) is 68.9 cm³/mol. The van der Waals surface area contributed by atoms with E-state index >= 15 is 0 Å². The third-order valence-electron chi connectivity index (χ3n) is 4.04. The van der Waals surface area contributed by atoms with Gasteiger partial charge in [0.2, 0.25) is 0 Å². The monoisotopic (exact) mass is 270 g/mol. The van der Waals surface area contributed by atoms with Crippen LogP contribution in [-0.2, 0) is 9.53 Å². The van der Waals surface area contributed by atoms with E-state index < -0.39 is 17.4 Å². The van der Waals surface area contributed by atoms with Gasteiger partial charge in [-0.25, -0.2) is 4.79 Å². The molecule has 2 bridgehead atoms. The fraction of sp³-hybridized carbons (Fsp3) is 0.846. The molecule has 3 unspecified atom stereocenters. The molecule has 2 rings (SSSR count). The minimum Gasteiger partial charge on any atom is -0.481 e. The van der Waals surface area contributed by atoms with Gasteiger partial charge in [-0.1, -0.05) is 0 Å². The SMILES string of the molecule is COCC(C)(C)NC(=O)N1C2CCC1C(C(=O)O)C2. The molecule has 6 nitrogen and oxygen atoms in total.